The molecule has 0 aliphatic heterocycles. The van der Waals surface area contributed by atoms with Crippen molar-refractivity contribution in [3.05, 3.63) is 65.2 Å². The number of ether oxygens (including phenoxy) is 1. The van der Waals surface area contributed by atoms with E-state index in [1.165, 1.54) is 5.56 Å². The van der Waals surface area contributed by atoms with Gasteiger partial charge in [0.1, 0.15) is 11.8 Å². The number of nitrogens with zero attached hydrogens (tertiary/aromatic N) is 1. The normalized spacial score (nSPS) is 11.8. The second-order valence-corrected chi connectivity index (χ2v) is 7.57. The van der Waals surface area contributed by atoms with Gasteiger partial charge in [-0.2, -0.15) is 0 Å². The van der Waals surface area contributed by atoms with Crippen LogP contribution in [0, 0.1) is 6.92 Å². The largest absolute Gasteiger partial charge is 0.484 e. The molecule has 0 fully saturated rings. The lowest BCUT2D eigenvalue weighted by molar-refractivity contribution is -0.142. The van der Waals surface area contributed by atoms with E-state index in [4.69, 9.17) is 4.74 Å². The quantitative estimate of drug-likeness (QED) is 0.700. The van der Waals surface area contributed by atoms with Gasteiger partial charge in [0.25, 0.3) is 5.91 Å². The number of aryl methyl sites for hydroxylation is 2. The molecule has 0 bridgehead atoms. The molecule has 0 aliphatic rings. The van der Waals surface area contributed by atoms with E-state index < -0.39 is 6.04 Å². The molecule has 5 nitrogen and oxygen atoms in total. The highest BCUT2D eigenvalue weighted by atomic mass is 16.5. The van der Waals surface area contributed by atoms with E-state index in [1.54, 1.807) is 11.8 Å². The zero-order chi connectivity index (χ0) is 21.4. The fourth-order valence-corrected chi connectivity index (χ4v) is 3.01. The summed E-state index contributed by atoms with van der Waals surface area (Å²) in [5.41, 5.74) is 3.30. The van der Waals surface area contributed by atoms with Crippen molar-refractivity contribution in [3.63, 3.8) is 0 Å². The van der Waals surface area contributed by atoms with Gasteiger partial charge in [0.05, 0.1) is 0 Å². The van der Waals surface area contributed by atoms with Gasteiger partial charge in [0.2, 0.25) is 5.91 Å². The Morgan fingerprint density at radius 2 is 1.69 bits per heavy atom. The van der Waals surface area contributed by atoms with Crippen LogP contribution < -0.4 is 10.1 Å². The summed E-state index contributed by atoms with van der Waals surface area (Å²) in [6.07, 6.45) is 0.950. The van der Waals surface area contributed by atoms with Gasteiger partial charge >= 0.3 is 0 Å². The minimum absolute atomic E-state index is 0.00805. The first-order valence-corrected chi connectivity index (χ1v) is 10.2. The Morgan fingerprint density at radius 3 is 2.28 bits per heavy atom. The van der Waals surface area contributed by atoms with Crippen LogP contribution >= 0.6 is 0 Å². The molecule has 0 spiro atoms. The van der Waals surface area contributed by atoms with Gasteiger partial charge < -0.3 is 15.0 Å². The zero-order valence-electron chi connectivity index (χ0n) is 18.1. The Labute approximate surface area is 174 Å². The molecule has 0 heterocycles. The van der Waals surface area contributed by atoms with Gasteiger partial charge in [-0.3, -0.25) is 9.59 Å². The average molecular weight is 397 g/mol. The summed E-state index contributed by atoms with van der Waals surface area (Å²) in [6.45, 7) is 9.90. The lowest BCUT2D eigenvalue weighted by Crippen LogP contribution is -2.50. The average Bonchev–Trinajstić information content (AvgIpc) is 2.70. The maximum absolute atomic E-state index is 13.0. The standard InChI is InChI=1S/C24H32N2O3/c1-6-20-11-13-22(14-12-20)29-16-23(27)26(19(5)24(28)25-17(2)3)15-21-10-8-7-9-18(21)4/h7-14,17,19H,6,15-16H2,1-5H3,(H,25,28)/t19-/m1/s1. The van der Waals surface area contributed by atoms with Gasteiger partial charge in [0.15, 0.2) is 6.61 Å². The molecule has 1 N–H and O–H groups in total. The first-order valence-electron chi connectivity index (χ1n) is 10.2. The van der Waals surface area contributed by atoms with Crippen molar-refractivity contribution in [2.75, 3.05) is 6.61 Å². The molecule has 0 saturated heterocycles. The summed E-state index contributed by atoms with van der Waals surface area (Å²) in [5, 5.41) is 2.89. The molecular formula is C24H32N2O3. The van der Waals surface area contributed by atoms with Crippen molar-refractivity contribution in [2.24, 2.45) is 0 Å². The molecule has 5 heteroatoms. The number of rotatable bonds is 9. The number of hydrogen-bond donors (Lipinski definition) is 1. The molecule has 0 unspecified atom stereocenters. The number of benzene rings is 2. The lowest BCUT2D eigenvalue weighted by atomic mass is 10.1. The fourth-order valence-electron chi connectivity index (χ4n) is 3.01. The van der Waals surface area contributed by atoms with Crippen molar-refractivity contribution < 1.29 is 14.3 Å². The van der Waals surface area contributed by atoms with Crippen LogP contribution in [-0.2, 0) is 22.6 Å². The Hall–Kier alpha value is -2.82. The van der Waals surface area contributed by atoms with Crippen molar-refractivity contribution in [3.8, 4) is 5.75 Å². The van der Waals surface area contributed by atoms with Gasteiger partial charge in [-0.15, -0.1) is 0 Å². The van der Waals surface area contributed by atoms with Crippen LogP contribution in [0.2, 0.25) is 0 Å². The zero-order valence-corrected chi connectivity index (χ0v) is 18.1. The number of nitrogens with one attached hydrogen (secondary N) is 1. The highest BCUT2D eigenvalue weighted by molar-refractivity contribution is 5.88. The first-order chi connectivity index (χ1) is 13.8. The molecule has 0 aliphatic carbocycles. The molecule has 2 amide bonds. The first kappa shape index (κ1) is 22.5. The third kappa shape index (κ3) is 6.63. The van der Waals surface area contributed by atoms with Gasteiger partial charge in [-0.25, -0.2) is 0 Å². The smallest absolute Gasteiger partial charge is 0.261 e. The molecule has 2 rings (SSSR count). The van der Waals surface area contributed by atoms with Crippen LogP contribution in [0.15, 0.2) is 48.5 Å². The summed E-state index contributed by atoms with van der Waals surface area (Å²) in [6, 6.07) is 15.0. The summed E-state index contributed by atoms with van der Waals surface area (Å²) < 4.78 is 5.70. The Morgan fingerprint density at radius 1 is 1.03 bits per heavy atom. The molecule has 29 heavy (non-hydrogen) atoms. The van der Waals surface area contributed by atoms with E-state index in [-0.39, 0.29) is 24.5 Å². The van der Waals surface area contributed by atoms with Crippen molar-refractivity contribution in [1.29, 1.82) is 0 Å². The third-order valence-corrected chi connectivity index (χ3v) is 4.89. The second kappa shape index (κ2) is 10.6. The van der Waals surface area contributed by atoms with Crippen molar-refractivity contribution in [1.82, 2.24) is 10.2 Å². The Kier molecular flexibility index (Phi) is 8.25. The van der Waals surface area contributed by atoms with Crippen LogP contribution in [0.3, 0.4) is 0 Å². The van der Waals surface area contributed by atoms with E-state index in [2.05, 4.69) is 12.2 Å². The van der Waals surface area contributed by atoms with Crippen LogP contribution in [0.1, 0.15) is 44.4 Å². The predicted octanol–water partition coefficient (Wildman–Crippen LogP) is 3.88. The summed E-state index contributed by atoms with van der Waals surface area (Å²) in [7, 11) is 0. The number of carbonyl (C=O) groups is 2. The van der Waals surface area contributed by atoms with E-state index in [0.717, 1.165) is 17.5 Å². The maximum atomic E-state index is 13.0. The summed E-state index contributed by atoms with van der Waals surface area (Å²) >= 11 is 0. The fraction of sp³-hybridized carbons (Fsp3) is 0.417. The van der Waals surface area contributed by atoms with Crippen LogP contribution in [0.5, 0.6) is 5.75 Å². The summed E-state index contributed by atoms with van der Waals surface area (Å²) in [5.74, 6) is 0.249. The van der Waals surface area contributed by atoms with Gasteiger partial charge in [-0.1, -0.05) is 43.3 Å². The minimum atomic E-state index is -0.601. The molecule has 0 radical (unpaired) electrons. The van der Waals surface area contributed by atoms with E-state index in [1.807, 2.05) is 69.3 Å². The number of carbonyl (C=O) groups excluding carboxylic acids is 2. The van der Waals surface area contributed by atoms with Gasteiger partial charge in [0, 0.05) is 12.6 Å². The lowest BCUT2D eigenvalue weighted by Gasteiger charge is -2.29. The van der Waals surface area contributed by atoms with E-state index in [9.17, 15) is 9.59 Å². The molecule has 2 aromatic carbocycles. The molecule has 0 saturated carbocycles. The third-order valence-electron chi connectivity index (χ3n) is 4.89. The highest BCUT2D eigenvalue weighted by Crippen LogP contribution is 2.16. The van der Waals surface area contributed by atoms with Crippen LogP contribution in [0.25, 0.3) is 0 Å². The molecule has 2 aromatic rings. The predicted molar refractivity (Wildman–Crippen MR) is 116 cm³/mol. The van der Waals surface area contributed by atoms with Crippen LogP contribution in [0.4, 0.5) is 0 Å². The van der Waals surface area contributed by atoms with Gasteiger partial charge in [-0.05, 0) is 62.9 Å². The topological polar surface area (TPSA) is 58.6 Å². The van der Waals surface area contributed by atoms with Crippen LogP contribution in [-0.4, -0.2) is 35.4 Å². The monoisotopic (exact) mass is 396 g/mol. The number of amides is 2. The SMILES string of the molecule is CCc1ccc(OCC(=O)N(Cc2ccccc2C)[C@H](C)C(=O)NC(C)C)cc1. The van der Waals surface area contributed by atoms with Crippen molar-refractivity contribution in [2.45, 2.75) is 59.7 Å². The molecule has 1 atom stereocenters. The number of hydrogen-bond acceptors (Lipinski definition) is 3. The Bertz CT molecular complexity index is 815. The minimum Gasteiger partial charge on any atom is -0.484 e. The Balaban J connectivity index is 2.14. The van der Waals surface area contributed by atoms with E-state index >= 15 is 0 Å². The van der Waals surface area contributed by atoms with Crippen molar-refractivity contribution >= 4 is 11.8 Å². The maximum Gasteiger partial charge on any atom is 0.261 e. The van der Waals surface area contributed by atoms with E-state index in [0.29, 0.717) is 12.3 Å². The highest BCUT2D eigenvalue weighted by Gasteiger charge is 2.27. The molecular weight excluding hydrogens is 364 g/mol. The molecule has 0 aromatic heterocycles. The summed E-state index contributed by atoms with van der Waals surface area (Å²) in [4.78, 5) is 27.2. The molecule has 156 valence electrons. The second-order valence-electron chi connectivity index (χ2n) is 7.57.